The van der Waals surface area contributed by atoms with Crippen LogP contribution in [-0.4, -0.2) is 46.7 Å². The molecule has 0 aliphatic rings. The molecule has 0 atom stereocenters. The van der Waals surface area contributed by atoms with Crippen molar-refractivity contribution in [1.29, 1.82) is 0 Å². The summed E-state index contributed by atoms with van der Waals surface area (Å²) in [4.78, 5) is 38.2. The smallest absolute Gasteiger partial charge is 0.413 e. The minimum Gasteiger partial charge on any atom is -0.453 e. The van der Waals surface area contributed by atoms with Gasteiger partial charge in [0, 0.05) is 23.7 Å². The van der Waals surface area contributed by atoms with E-state index in [1.54, 1.807) is 13.0 Å². The molecule has 0 spiro atoms. The summed E-state index contributed by atoms with van der Waals surface area (Å²) in [5.41, 5.74) is 0.575. The van der Waals surface area contributed by atoms with Crippen molar-refractivity contribution < 1.29 is 36.5 Å². The molecule has 14 heteroatoms. The molecule has 0 heterocycles. The van der Waals surface area contributed by atoms with Gasteiger partial charge in [-0.15, -0.1) is 0 Å². The number of guanidine groups is 1. The Labute approximate surface area is 200 Å². The van der Waals surface area contributed by atoms with Gasteiger partial charge in [0.15, 0.2) is 0 Å². The van der Waals surface area contributed by atoms with Gasteiger partial charge in [0.05, 0.1) is 19.9 Å². The quantitative estimate of drug-likeness (QED) is 0.313. The van der Waals surface area contributed by atoms with Crippen molar-refractivity contribution in [3.63, 3.8) is 0 Å². The number of alkyl carbamates (subject to hydrolysis) is 2. The first kappa shape index (κ1) is 26.4. The van der Waals surface area contributed by atoms with Crippen LogP contribution in [0.2, 0.25) is 5.02 Å². The Balaban J connectivity index is 2.61. The minimum atomic E-state index is -4.55. The predicted molar refractivity (Wildman–Crippen MR) is 123 cm³/mol. The summed E-state index contributed by atoms with van der Waals surface area (Å²) in [5.74, 6) is -1.02. The van der Waals surface area contributed by atoms with Gasteiger partial charge in [0.2, 0.25) is 11.9 Å². The van der Waals surface area contributed by atoms with E-state index in [1.807, 2.05) is 0 Å². The van der Waals surface area contributed by atoms with Crippen molar-refractivity contribution in [2.75, 3.05) is 19.5 Å². The lowest BCUT2D eigenvalue weighted by atomic mass is 10.2. The molecule has 0 aliphatic carbocycles. The van der Waals surface area contributed by atoms with Crippen molar-refractivity contribution >= 4 is 57.1 Å². The Kier molecular flexibility index (Phi) is 8.81. The second kappa shape index (κ2) is 11.3. The summed E-state index contributed by atoms with van der Waals surface area (Å²) in [6.45, 7) is 2.97. The molecule has 0 aromatic heterocycles. The van der Waals surface area contributed by atoms with Gasteiger partial charge >= 0.3 is 22.3 Å². The number of nitrogens with zero attached hydrogens (tertiary/aromatic N) is 1. The van der Waals surface area contributed by atoms with Crippen LogP contribution >= 0.6 is 11.6 Å². The summed E-state index contributed by atoms with van der Waals surface area (Å²) in [6.07, 6.45) is -2.00. The molecule has 0 aliphatic heterocycles. The molecule has 0 saturated heterocycles. The lowest BCUT2D eigenvalue weighted by Gasteiger charge is -2.13. The topological polar surface area (TPSA) is 161 Å². The van der Waals surface area contributed by atoms with Crippen LogP contribution in [-0.2, 0) is 24.4 Å². The fourth-order valence-electron chi connectivity index (χ4n) is 2.39. The third-order valence-electron chi connectivity index (χ3n) is 3.94. The first-order valence-corrected chi connectivity index (χ1v) is 11.1. The molecule has 0 saturated carbocycles. The Morgan fingerprint density at radius 2 is 1.59 bits per heavy atom. The average molecular weight is 513 g/mol. The number of aryl methyl sites for hydroxylation is 1. The lowest BCUT2D eigenvalue weighted by molar-refractivity contribution is -0.114. The van der Waals surface area contributed by atoms with E-state index in [9.17, 15) is 22.8 Å². The van der Waals surface area contributed by atoms with E-state index in [-0.39, 0.29) is 22.1 Å². The van der Waals surface area contributed by atoms with Crippen LogP contribution in [0.1, 0.15) is 12.5 Å². The zero-order valence-corrected chi connectivity index (χ0v) is 20.0. The number of methoxy groups -OCH3 is 2. The first-order chi connectivity index (χ1) is 15.9. The second-order valence-electron chi connectivity index (χ2n) is 6.51. The summed E-state index contributed by atoms with van der Waals surface area (Å²) in [7, 11) is -2.40. The number of hydrogen-bond acceptors (Lipinski definition) is 9. The van der Waals surface area contributed by atoms with Gasteiger partial charge < -0.3 is 19.0 Å². The van der Waals surface area contributed by atoms with Crippen LogP contribution in [0.5, 0.6) is 5.75 Å². The van der Waals surface area contributed by atoms with Crippen molar-refractivity contribution in [3.8, 4) is 5.75 Å². The highest BCUT2D eigenvalue weighted by molar-refractivity contribution is 7.87. The number of halogens is 1. The normalized spacial score (nSPS) is 10.5. The van der Waals surface area contributed by atoms with Crippen molar-refractivity contribution in [2.24, 2.45) is 4.99 Å². The Hall–Kier alpha value is -3.84. The Morgan fingerprint density at radius 3 is 2.12 bits per heavy atom. The molecule has 2 aromatic carbocycles. The van der Waals surface area contributed by atoms with E-state index in [0.29, 0.717) is 5.56 Å². The van der Waals surface area contributed by atoms with E-state index >= 15 is 0 Å². The van der Waals surface area contributed by atoms with Crippen molar-refractivity contribution in [3.05, 3.63) is 47.0 Å². The maximum Gasteiger partial charge on any atom is 0.413 e. The van der Waals surface area contributed by atoms with Gasteiger partial charge in [0.1, 0.15) is 10.6 Å². The van der Waals surface area contributed by atoms with Gasteiger partial charge in [-0.1, -0.05) is 17.7 Å². The fourth-order valence-corrected chi connectivity index (χ4v) is 3.65. The molecule has 2 rings (SSSR count). The number of ether oxygens (including phenoxy) is 2. The average Bonchev–Trinajstić information content (AvgIpc) is 2.76. The molecule has 182 valence electrons. The number of carbonyl (C=O) groups excluding carboxylic acids is 3. The van der Waals surface area contributed by atoms with Crippen LogP contribution < -0.4 is 20.1 Å². The minimum absolute atomic E-state index is 0.0731. The molecule has 2 aromatic rings. The summed E-state index contributed by atoms with van der Waals surface area (Å²) in [6, 6.07) is 7.97. The van der Waals surface area contributed by atoms with Crippen LogP contribution in [0.15, 0.2) is 46.3 Å². The second-order valence-corrected chi connectivity index (χ2v) is 8.43. The Bertz CT molecular complexity index is 1230. The predicted octanol–water partition coefficient (Wildman–Crippen LogP) is 3.07. The number of rotatable bonds is 5. The van der Waals surface area contributed by atoms with Gasteiger partial charge in [-0.05, 0) is 36.8 Å². The molecular weight excluding hydrogens is 492 g/mol. The number of benzene rings is 2. The Morgan fingerprint density at radius 1 is 0.971 bits per heavy atom. The lowest BCUT2D eigenvalue weighted by Crippen LogP contribution is -2.43. The highest BCUT2D eigenvalue weighted by Gasteiger charge is 2.24. The van der Waals surface area contributed by atoms with Gasteiger partial charge in [-0.3, -0.25) is 15.4 Å². The van der Waals surface area contributed by atoms with Gasteiger partial charge in [0.25, 0.3) is 0 Å². The highest BCUT2D eigenvalue weighted by atomic mass is 35.5. The van der Waals surface area contributed by atoms with Crippen molar-refractivity contribution in [1.82, 2.24) is 10.6 Å². The molecule has 12 nitrogen and oxygen atoms in total. The third-order valence-corrected chi connectivity index (χ3v) is 5.63. The molecule has 0 fully saturated rings. The molecule has 34 heavy (non-hydrogen) atoms. The number of carbonyl (C=O) groups is 3. The zero-order valence-electron chi connectivity index (χ0n) is 18.5. The fraction of sp³-hybridized carbons (Fsp3) is 0.200. The highest BCUT2D eigenvalue weighted by Crippen LogP contribution is 2.31. The first-order valence-electron chi connectivity index (χ1n) is 9.36. The maximum absolute atomic E-state index is 13.1. The molecule has 0 unspecified atom stereocenters. The van der Waals surface area contributed by atoms with Crippen LogP contribution in [0.4, 0.5) is 21.0 Å². The van der Waals surface area contributed by atoms with E-state index in [1.165, 1.54) is 31.2 Å². The molecule has 3 amide bonds. The van der Waals surface area contributed by atoms with Crippen molar-refractivity contribution in [2.45, 2.75) is 18.7 Å². The van der Waals surface area contributed by atoms with Crippen LogP contribution in [0.3, 0.4) is 0 Å². The monoisotopic (exact) mass is 512 g/mol. The third kappa shape index (κ3) is 7.35. The number of hydrogen-bond donors (Lipinski definition) is 3. The van der Waals surface area contributed by atoms with E-state index < -0.39 is 39.1 Å². The van der Waals surface area contributed by atoms with E-state index in [0.717, 1.165) is 20.3 Å². The van der Waals surface area contributed by atoms with Gasteiger partial charge in [-0.25, -0.2) is 14.6 Å². The zero-order chi connectivity index (χ0) is 25.5. The maximum atomic E-state index is 13.1. The summed E-state index contributed by atoms with van der Waals surface area (Å²) >= 11 is 6.05. The number of nitrogens with one attached hydrogen (secondary N) is 3. The summed E-state index contributed by atoms with van der Waals surface area (Å²) < 4.78 is 40.4. The van der Waals surface area contributed by atoms with Crippen LogP contribution in [0, 0.1) is 6.92 Å². The number of aliphatic imine (C=N–C) groups is 1. The van der Waals surface area contributed by atoms with Crippen LogP contribution in [0.25, 0.3) is 0 Å². The van der Waals surface area contributed by atoms with E-state index in [4.69, 9.17) is 15.8 Å². The SMILES string of the molecule is COC(=O)NC(=Nc1ccc(NC(C)=O)cc1S(=O)(=O)Oc1ccc(C)c(Cl)c1)NC(=O)OC. The van der Waals surface area contributed by atoms with E-state index in [2.05, 4.69) is 30.4 Å². The molecule has 3 N–H and O–H groups in total. The number of amides is 3. The summed E-state index contributed by atoms with van der Waals surface area (Å²) in [5, 5.41) is 6.98. The molecule has 0 bridgehead atoms. The van der Waals surface area contributed by atoms with Gasteiger partial charge in [-0.2, -0.15) is 8.42 Å². The largest absolute Gasteiger partial charge is 0.453 e. The standard InChI is InChI=1S/C20H21ClN4O8S/c1-11-5-7-14(10-15(11)21)33-34(29,30)17-9-13(22-12(2)26)6-8-16(17)23-18(24-19(27)31-3)25-20(28)32-4/h5-10H,1-4H3,(H,22,26)(H2,23,24,25,27,28). The molecule has 0 radical (unpaired) electrons. The number of anilines is 1. The molecular formula is C20H21ClN4O8S.